The Balaban J connectivity index is 1.66. The highest BCUT2D eigenvalue weighted by molar-refractivity contribution is 7.89. The third-order valence-electron chi connectivity index (χ3n) is 5.54. The molecule has 1 amide bonds. The van der Waals surface area contributed by atoms with Crippen LogP contribution < -0.4 is 10.1 Å². The predicted octanol–water partition coefficient (Wildman–Crippen LogP) is 2.86. The van der Waals surface area contributed by atoms with Gasteiger partial charge in [0.25, 0.3) is 10.0 Å². The molecule has 1 unspecified atom stereocenters. The molecule has 2 heterocycles. The van der Waals surface area contributed by atoms with Gasteiger partial charge >= 0.3 is 5.97 Å². The normalized spacial score (nSPS) is 16.7. The van der Waals surface area contributed by atoms with Crippen molar-refractivity contribution in [2.75, 3.05) is 18.5 Å². The van der Waals surface area contributed by atoms with Crippen LogP contribution in [-0.2, 0) is 35.7 Å². The number of cyclic esters (lactones) is 1. The van der Waals surface area contributed by atoms with E-state index in [1.807, 2.05) is 0 Å². The summed E-state index contributed by atoms with van der Waals surface area (Å²) < 4.78 is 54.5. The Kier molecular flexibility index (Phi) is 7.76. The van der Waals surface area contributed by atoms with Crippen LogP contribution in [0.3, 0.4) is 0 Å². The average Bonchev–Trinajstić information content (AvgIpc) is 3.42. The molecule has 1 fully saturated rings. The van der Waals surface area contributed by atoms with Gasteiger partial charge in [-0.2, -0.15) is 0 Å². The molecule has 0 saturated carbocycles. The summed E-state index contributed by atoms with van der Waals surface area (Å²) in [5.41, 5.74) is 1.49. The van der Waals surface area contributed by atoms with Gasteiger partial charge < -0.3 is 19.4 Å². The van der Waals surface area contributed by atoms with E-state index in [1.54, 1.807) is 30.8 Å². The molecule has 0 radical (unpaired) electrons. The van der Waals surface area contributed by atoms with E-state index >= 15 is 0 Å². The predicted molar refractivity (Wildman–Crippen MR) is 131 cm³/mol. The number of anilines is 1. The SMILES string of the molecule is CCON(C1COC(=O)C1)S(=O)(=O)c1ccc(NC(C)=O)cc1O[C@H](C)Cn1cnc2cc(F)ccc21. The number of ether oxygens (including phenoxy) is 2. The molecule has 37 heavy (non-hydrogen) atoms. The van der Waals surface area contributed by atoms with Crippen molar-refractivity contribution in [3.8, 4) is 5.75 Å². The number of nitrogens with zero attached hydrogens (tertiary/aromatic N) is 3. The summed E-state index contributed by atoms with van der Waals surface area (Å²) in [6, 6.07) is 7.56. The van der Waals surface area contributed by atoms with E-state index < -0.39 is 34.0 Å². The average molecular weight is 535 g/mol. The molecule has 198 valence electrons. The number of halogens is 1. The van der Waals surface area contributed by atoms with Gasteiger partial charge in [-0.15, -0.1) is 0 Å². The molecule has 3 aromatic rings. The lowest BCUT2D eigenvalue weighted by Crippen LogP contribution is -2.41. The lowest BCUT2D eigenvalue weighted by atomic mass is 10.2. The Morgan fingerprint density at radius 1 is 1.32 bits per heavy atom. The van der Waals surface area contributed by atoms with Crippen LogP contribution in [0.2, 0.25) is 0 Å². The lowest BCUT2D eigenvalue weighted by Gasteiger charge is -2.26. The molecule has 1 saturated heterocycles. The fourth-order valence-corrected chi connectivity index (χ4v) is 5.60. The molecular weight excluding hydrogens is 507 g/mol. The molecule has 11 nitrogen and oxygen atoms in total. The van der Waals surface area contributed by atoms with Crippen molar-refractivity contribution in [2.24, 2.45) is 0 Å². The standard InChI is InChI=1S/C24H27FN4O7S/c1-4-35-29(19-11-24(31)34-13-19)37(32,33)23-8-6-18(27-16(3)30)10-22(23)36-15(2)12-28-14-26-20-9-17(25)5-7-21(20)28/h5-10,14-15,19H,4,11-13H2,1-3H3,(H,27,30)/t15-,19?/m1/s1. The highest BCUT2D eigenvalue weighted by Crippen LogP contribution is 2.33. The Labute approximate surface area is 213 Å². The number of sulfonamides is 1. The number of amides is 1. The van der Waals surface area contributed by atoms with Crippen LogP contribution in [0.15, 0.2) is 47.6 Å². The zero-order chi connectivity index (χ0) is 26.7. The quantitative estimate of drug-likeness (QED) is 0.311. The minimum absolute atomic E-state index is 0.0239. The molecule has 1 aliphatic rings. The summed E-state index contributed by atoms with van der Waals surface area (Å²) in [5.74, 6) is -1.29. The van der Waals surface area contributed by atoms with Crippen LogP contribution in [0, 0.1) is 5.82 Å². The maximum absolute atomic E-state index is 13.7. The first-order valence-corrected chi connectivity index (χ1v) is 13.0. The van der Waals surface area contributed by atoms with Crippen LogP contribution in [-0.4, -0.2) is 59.7 Å². The topological polar surface area (TPSA) is 129 Å². The van der Waals surface area contributed by atoms with Gasteiger partial charge in [0.1, 0.15) is 29.2 Å². The summed E-state index contributed by atoms with van der Waals surface area (Å²) in [6.45, 7) is 4.86. The van der Waals surface area contributed by atoms with Gasteiger partial charge in [0.05, 0.1) is 43.0 Å². The Hall–Kier alpha value is -3.55. The van der Waals surface area contributed by atoms with Crippen LogP contribution in [0.5, 0.6) is 5.75 Å². The minimum Gasteiger partial charge on any atom is -0.487 e. The van der Waals surface area contributed by atoms with Gasteiger partial charge in [0.2, 0.25) is 5.91 Å². The summed E-state index contributed by atoms with van der Waals surface area (Å²) in [6.07, 6.45) is 0.828. The van der Waals surface area contributed by atoms with Gasteiger partial charge in [0.15, 0.2) is 0 Å². The second-order valence-electron chi connectivity index (χ2n) is 8.52. The summed E-state index contributed by atoms with van der Waals surface area (Å²) in [4.78, 5) is 32.7. The van der Waals surface area contributed by atoms with Crippen LogP contribution in [0.4, 0.5) is 10.1 Å². The first kappa shape index (κ1) is 26.5. The second-order valence-corrected chi connectivity index (χ2v) is 10.3. The van der Waals surface area contributed by atoms with E-state index in [4.69, 9.17) is 14.3 Å². The Bertz CT molecular complexity index is 1430. The highest BCUT2D eigenvalue weighted by atomic mass is 32.2. The fourth-order valence-electron chi connectivity index (χ4n) is 4.04. The molecule has 1 N–H and O–H groups in total. The molecule has 2 atom stereocenters. The van der Waals surface area contributed by atoms with E-state index in [2.05, 4.69) is 10.3 Å². The molecule has 0 bridgehead atoms. The molecule has 2 aromatic carbocycles. The molecule has 1 aliphatic heterocycles. The minimum atomic E-state index is -4.31. The molecule has 4 rings (SSSR count). The molecule has 0 aliphatic carbocycles. The fraction of sp³-hybridized carbons (Fsp3) is 0.375. The number of nitrogens with one attached hydrogen (secondary N) is 1. The number of aromatic nitrogens is 2. The smallest absolute Gasteiger partial charge is 0.307 e. The number of hydrogen-bond donors (Lipinski definition) is 1. The monoisotopic (exact) mass is 534 g/mol. The number of rotatable bonds is 10. The van der Waals surface area contributed by atoms with Crippen LogP contribution in [0.25, 0.3) is 11.0 Å². The molecular formula is C24H27FN4O7S. The van der Waals surface area contributed by atoms with Crippen molar-refractivity contribution in [3.63, 3.8) is 0 Å². The van der Waals surface area contributed by atoms with Crippen LogP contribution >= 0.6 is 0 Å². The second kappa shape index (κ2) is 10.8. The number of carbonyl (C=O) groups is 2. The van der Waals surface area contributed by atoms with Crippen molar-refractivity contribution >= 4 is 38.6 Å². The third-order valence-corrected chi connectivity index (χ3v) is 7.31. The number of imidazole rings is 1. The zero-order valence-corrected chi connectivity index (χ0v) is 21.3. The van der Waals surface area contributed by atoms with Gasteiger partial charge in [-0.05, 0) is 38.1 Å². The summed E-state index contributed by atoms with van der Waals surface area (Å²) in [5, 5.41) is 2.61. The molecule has 1 aromatic heterocycles. The number of carbonyl (C=O) groups excluding carboxylic acids is 2. The van der Waals surface area contributed by atoms with Crippen molar-refractivity contribution < 1.29 is 36.7 Å². The number of hydrogen-bond acceptors (Lipinski definition) is 8. The Morgan fingerprint density at radius 3 is 2.78 bits per heavy atom. The van der Waals surface area contributed by atoms with Crippen LogP contribution in [0.1, 0.15) is 27.2 Å². The van der Waals surface area contributed by atoms with E-state index in [0.717, 1.165) is 4.47 Å². The van der Waals surface area contributed by atoms with E-state index in [9.17, 15) is 22.4 Å². The van der Waals surface area contributed by atoms with E-state index in [0.29, 0.717) is 16.7 Å². The number of benzene rings is 2. The van der Waals surface area contributed by atoms with E-state index in [1.165, 1.54) is 37.3 Å². The summed E-state index contributed by atoms with van der Waals surface area (Å²) >= 11 is 0. The van der Waals surface area contributed by atoms with Crippen molar-refractivity contribution in [1.82, 2.24) is 14.0 Å². The number of esters is 1. The molecule has 13 heteroatoms. The van der Waals surface area contributed by atoms with Gasteiger partial charge in [-0.1, -0.05) is 4.47 Å². The first-order valence-electron chi connectivity index (χ1n) is 11.6. The largest absolute Gasteiger partial charge is 0.487 e. The summed E-state index contributed by atoms with van der Waals surface area (Å²) in [7, 11) is -4.31. The van der Waals surface area contributed by atoms with Gasteiger partial charge in [-0.25, -0.2) is 17.8 Å². The van der Waals surface area contributed by atoms with E-state index in [-0.39, 0.29) is 42.7 Å². The number of fused-ring (bicyclic) bond motifs is 1. The molecule has 0 spiro atoms. The van der Waals surface area contributed by atoms with Crippen molar-refractivity contribution in [3.05, 3.63) is 48.5 Å². The Morgan fingerprint density at radius 2 is 2.11 bits per heavy atom. The first-order chi connectivity index (χ1) is 17.6. The van der Waals surface area contributed by atoms with Crippen molar-refractivity contribution in [2.45, 2.75) is 50.8 Å². The van der Waals surface area contributed by atoms with Gasteiger partial charge in [0, 0.05) is 24.7 Å². The maximum Gasteiger partial charge on any atom is 0.307 e. The number of hydroxylamine groups is 1. The maximum atomic E-state index is 13.7. The van der Waals surface area contributed by atoms with Gasteiger partial charge in [-0.3, -0.25) is 14.4 Å². The van der Waals surface area contributed by atoms with Crippen molar-refractivity contribution in [1.29, 1.82) is 0 Å². The zero-order valence-electron chi connectivity index (χ0n) is 20.5. The third kappa shape index (κ3) is 5.89. The highest BCUT2D eigenvalue weighted by Gasteiger charge is 2.40. The lowest BCUT2D eigenvalue weighted by molar-refractivity contribution is -0.138.